The maximum absolute atomic E-state index is 10.9. The van der Waals surface area contributed by atoms with E-state index in [2.05, 4.69) is 15.9 Å². The van der Waals surface area contributed by atoms with Gasteiger partial charge in [-0.2, -0.15) is 0 Å². The van der Waals surface area contributed by atoms with Crippen LogP contribution in [-0.2, 0) is 5.33 Å². The summed E-state index contributed by atoms with van der Waals surface area (Å²) >= 11 is 14.3. The van der Waals surface area contributed by atoms with Crippen LogP contribution in [0, 0.1) is 0 Å². The first-order chi connectivity index (χ1) is 5.65. The van der Waals surface area contributed by atoms with E-state index in [1.165, 1.54) is 0 Å². The molecule has 0 saturated heterocycles. The summed E-state index contributed by atoms with van der Waals surface area (Å²) in [4.78, 5) is 10.9. The number of halogens is 3. The molecule has 1 aromatic carbocycles. The number of hydrogen-bond donors (Lipinski definition) is 0. The highest BCUT2D eigenvalue weighted by Crippen LogP contribution is 2.19. The molecular formula is C8H5BrCl2O. The second-order valence-corrected chi connectivity index (χ2v) is 3.55. The van der Waals surface area contributed by atoms with Gasteiger partial charge in [0.2, 0.25) is 0 Å². The van der Waals surface area contributed by atoms with Gasteiger partial charge in [-0.1, -0.05) is 33.6 Å². The fraction of sp³-hybridized carbons (Fsp3) is 0.125. The third-order valence-electron chi connectivity index (χ3n) is 1.43. The topological polar surface area (TPSA) is 17.1 Å². The first-order valence-corrected chi connectivity index (χ1v) is 5.07. The van der Waals surface area contributed by atoms with Crippen LogP contribution in [0.2, 0.25) is 5.02 Å². The van der Waals surface area contributed by atoms with Crippen molar-refractivity contribution in [2.24, 2.45) is 0 Å². The molecule has 0 bridgehead atoms. The lowest BCUT2D eigenvalue weighted by molar-refractivity contribution is 0.108. The van der Waals surface area contributed by atoms with Crippen molar-refractivity contribution in [1.29, 1.82) is 0 Å². The van der Waals surface area contributed by atoms with Crippen LogP contribution >= 0.6 is 39.1 Å². The zero-order chi connectivity index (χ0) is 9.14. The van der Waals surface area contributed by atoms with Gasteiger partial charge in [-0.25, -0.2) is 0 Å². The summed E-state index contributed by atoms with van der Waals surface area (Å²) in [7, 11) is 0. The van der Waals surface area contributed by atoms with Crippen molar-refractivity contribution in [3.63, 3.8) is 0 Å². The predicted molar refractivity (Wildman–Crippen MR) is 54.3 cm³/mol. The standard InChI is InChI=1S/C8H5BrCl2O/c9-4-5-1-2-6(10)3-7(5)8(11)12/h1-3H,4H2. The average Bonchev–Trinajstić information content (AvgIpc) is 2.04. The SMILES string of the molecule is O=C(Cl)c1cc(Cl)ccc1CBr. The molecule has 0 unspecified atom stereocenters. The Morgan fingerprint density at radius 2 is 2.17 bits per heavy atom. The Balaban J connectivity index is 3.21. The Bertz CT molecular complexity index is 312. The lowest BCUT2D eigenvalue weighted by Crippen LogP contribution is -1.94. The maximum atomic E-state index is 10.9. The fourth-order valence-corrected chi connectivity index (χ4v) is 1.69. The van der Waals surface area contributed by atoms with Crippen LogP contribution in [0.1, 0.15) is 15.9 Å². The molecule has 1 rings (SSSR count). The van der Waals surface area contributed by atoms with Gasteiger partial charge in [0.15, 0.2) is 0 Å². The normalized spacial score (nSPS) is 9.92. The van der Waals surface area contributed by atoms with Gasteiger partial charge in [0, 0.05) is 15.9 Å². The number of alkyl halides is 1. The summed E-state index contributed by atoms with van der Waals surface area (Å²) in [5, 5.41) is 0.633. The summed E-state index contributed by atoms with van der Waals surface area (Å²) in [5.74, 6) is 0. The summed E-state index contributed by atoms with van der Waals surface area (Å²) in [6.45, 7) is 0. The lowest BCUT2D eigenvalue weighted by Gasteiger charge is -2.01. The number of benzene rings is 1. The van der Waals surface area contributed by atoms with Gasteiger partial charge in [-0.15, -0.1) is 0 Å². The zero-order valence-corrected chi connectivity index (χ0v) is 9.08. The van der Waals surface area contributed by atoms with Gasteiger partial charge in [-0.3, -0.25) is 4.79 Å². The van der Waals surface area contributed by atoms with Crippen molar-refractivity contribution in [2.45, 2.75) is 5.33 Å². The van der Waals surface area contributed by atoms with Gasteiger partial charge < -0.3 is 0 Å². The van der Waals surface area contributed by atoms with Gasteiger partial charge in [-0.05, 0) is 29.3 Å². The Morgan fingerprint density at radius 1 is 1.50 bits per heavy atom. The second-order valence-electron chi connectivity index (χ2n) is 2.21. The van der Waals surface area contributed by atoms with Crippen LogP contribution in [0.5, 0.6) is 0 Å². The smallest absolute Gasteiger partial charge is 0.252 e. The summed E-state index contributed by atoms with van der Waals surface area (Å²) in [5.41, 5.74) is 1.31. The summed E-state index contributed by atoms with van der Waals surface area (Å²) in [6, 6.07) is 5.06. The number of carbonyl (C=O) groups excluding carboxylic acids is 1. The second kappa shape index (κ2) is 4.26. The molecule has 0 aliphatic carbocycles. The van der Waals surface area contributed by atoms with Crippen molar-refractivity contribution < 1.29 is 4.79 Å². The molecule has 0 atom stereocenters. The molecule has 0 aliphatic heterocycles. The molecule has 0 aliphatic rings. The highest BCUT2D eigenvalue weighted by molar-refractivity contribution is 9.08. The molecule has 4 heteroatoms. The molecule has 0 N–H and O–H groups in total. The quantitative estimate of drug-likeness (QED) is 0.591. The van der Waals surface area contributed by atoms with Gasteiger partial charge in [0.05, 0.1) is 0 Å². The Hall–Kier alpha value is -0.0500. The van der Waals surface area contributed by atoms with E-state index in [0.29, 0.717) is 15.9 Å². The van der Waals surface area contributed by atoms with E-state index in [1.54, 1.807) is 18.2 Å². The molecule has 0 radical (unpaired) electrons. The number of hydrogen-bond acceptors (Lipinski definition) is 1. The molecule has 0 fully saturated rings. The van der Waals surface area contributed by atoms with Crippen LogP contribution in [0.15, 0.2) is 18.2 Å². The van der Waals surface area contributed by atoms with Crippen LogP contribution < -0.4 is 0 Å². The molecule has 1 aromatic rings. The molecule has 0 amide bonds. The monoisotopic (exact) mass is 266 g/mol. The first-order valence-electron chi connectivity index (χ1n) is 3.19. The van der Waals surface area contributed by atoms with Crippen molar-refractivity contribution in [2.75, 3.05) is 0 Å². The molecule has 1 nitrogen and oxygen atoms in total. The van der Waals surface area contributed by atoms with Crippen LogP contribution in [0.4, 0.5) is 0 Å². The largest absolute Gasteiger partial charge is 0.276 e. The molecule has 0 heterocycles. The molecule has 0 spiro atoms. The molecule has 0 saturated carbocycles. The third-order valence-corrected chi connectivity index (χ3v) is 2.47. The zero-order valence-electron chi connectivity index (χ0n) is 5.98. The first kappa shape index (κ1) is 10.0. The maximum Gasteiger partial charge on any atom is 0.252 e. The Kier molecular flexibility index (Phi) is 3.56. The highest BCUT2D eigenvalue weighted by Gasteiger charge is 2.07. The van der Waals surface area contributed by atoms with E-state index in [0.717, 1.165) is 5.56 Å². The van der Waals surface area contributed by atoms with E-state index < -0.39 is 5.24 Å². The lowest BCUT2D eigenvalue weighted by atomic mass is 10.1. The molecule has 64 valence electrons. The molecular weight excluding hydrogens is 263 g/mol. The minimum Gasteiger partial charge on any atom is -0.276 e. The predicted octanol–water partition coefficient (Wildman–Crippen LogP) is 3.61. The van der Waals surface area contributed by atoms with Crippen molar-refractivity contribution in [3.8, 4) is 0 Å². The fourth-order valence-electron chi connectivity index (χ4n) is 0.848. The van der Waals surface area contributed by atoms with Gasteiger partial charge in [0.1, 0.15) is 0 Å². The average molecular weight is 268 g/mol. The van der Waals surface area contributed by atoms with E-state index >= 15 is 0 Å². The van der Waals surface area contributed by atoms with Crippen LogP contribution in [0.3, 0.4) is 0 Å². The Morgan fingerprint density at radius 3 is 2.67 bits per heavy atom. The third kappa shape index (κ3) is 2.22. The van der Waals surface area contributed by atoms with Crippen molar-refractivity contribution >= 4 is 44.4 Å². The van der Waals surface area contributed by atoms with Crippen LogP contribution in [0.25, 0.3) is 0 Å². The van der Waals surface area contributed by atoms with E-state index in [-0.39, 0.29) is 0 Å². The van der Waals surface area contributed by atoms with E-state index in [9.17, 15) is 4.79 Å². The van der Waals surface area contributed by atoms with Gasteiger partial charge >= 0.3 is 0 Å². The van der Waals surface area contributed by atoms with Crippen molar-refractivity contribution in [3.05, 3.63) is 34.3 Å². The minimum atomic E-state index is -0.480. The highest BCUT2D eigenvalue weighted by atomic mass is 79.9. The molecule has 12 heavy (non-hydrogen) atoms. The Labute approximate surface area is 88.8 Å². The minimum absolute atomic E-state index is 0.459. The molecule has 0 aromatic heterocycles. The van der Waals surface area contributed by atoms with Gasteiger partial charge in [0.25, 0.3) is 5.24 Å². The van der Waals surface area contributed by atoms with E-state index in [1.807, 2.05) is 0 Å². The summed E-state index contributed by atoms with van der Waals surface area (Å²) in [6.07, 6.45) is 0. The summed E-state index contributed by atoms with van der Waals surface area (Å²) < 4.78 is 0. The van der Waals surface area contributed by atoms with E-state index in [4.69, 9.17) is 23.2 Å². The number of carbonyl (C=O) groups is 1. The van der Waals surface area contributed by atoms with Crippen LogP contribution in [-0.4, -0.2) is 5.24 Å². The van der Waals surface area contributed by atoms with Crippen molar-refractivity contribution in [1.82, 2.24) is 0 Å². The number of rotatable bonds is 2.